The fraction of sp³-hybridized carbons (Fsp3) is 0.0385. The quantitative estimate of drug-likeness (QED) is 0.444. The minimum absolute atomic E-state index is 0.0800. The van der Waals surface area contributed by atoms with Crippen LogP contribution >= 0.6 is 0 Å². The van der Waals surface area contributed by atoms with Crippen LogP contribution in [-0.2, 0) is 6.54 Å². The number of carbonyl (C=O) groups is 1. The Morgan fingerprint density at radius 3 is 2.69 bits per heavy atom. The van der Waals surface area contributed by atoms with Crippen molar-refractivity contribution < 1.29 is 18.3 Å². The predicted molar refractivity (Wildman–Crippen MR) is 128 cm³/mol. The highest BCUT2D eigenvalue weighted by atomic mass is 19.1. The van der Waals surface area contributed by atoms with Gasteiger partial charge in [0.05, 0.1) is 12.2 Å². The minimum Gasteiger partial charge on any atom is -0.452 e. The van der Waals surface area contributed by atoms with Gasteiger partial charge in [0.1, 0.15) is 11.4 Å². The summed E-state index contributed by atoms with van der Waals surface area (Å²) in [6.45, 7) is 0.162. The molecular weight excluding hydrogens is 454 g/mol. The lowest BCUT2D eigenvalue weighted by Crippen LogP contribution is -2.29. The number of hydrogen-bond donors (Lipinski definition) is 3. The van der Waals surface area contributed by atoms with Crippen LogP contribution in [0.1, 0.15) is 15.9 Å². The normalized spacial score (nSPS) is 13.7. The van der Waals surface area contributed by atoms with Crippen molar-refractivity contribution in [3.8, 4) is 5.75 Å². The van der Waals surface area contributed by atoms with Crippen molar-refractivity contribution in [2.24, 2.45) is 0 Å². The topological polar surface area (TPSA) is 96.2 Å². The lowest BCUT2D eigenvalue weighted by atomic mass is 10.2. The van der Waals surface area contributed by atoms with E-state index >= 15 is 0 Å². The number of benzene rings is 2. The van der Waals surface area contributed by atoms with Crippen LogP contribution < -0.4 is 20.9 Å². The molecule has 0 atom stereocenters. The largest absolute Gasteiger partial charge is 0.452 e. The zero-order valence-corrected chi connectivity index (χ0v) is 18.3. The van der Waals surface area contributed by atoms with E-state index in [2.05, 4.69) is 10.6 Å². The third kappa shape index (κ3) is 5.59. The summed E-state index contributed by atoms with van der Waals surface area (Å²) in [5, 5.41) is 12.6. The van der Waals surface area contributed by atoms with Gasteiger partial charge in [-0.05, 0) is 60.2 Å². The van der Waals surface area contributed by atoms with Crippen molar-refractivity contribution in [3.63, 3.8) is 0 Å². The molecule has 0 fully saturated rings. The average molecular weight is 474 g/mol. The number of amides is 1. The molecule has 0 aliphatic carbocycles. The number of dihydropyridines is 1. The van der Waals surface area contributed by atoms with Gasteiger partial charge in [0.25, 0.3) is 11.5 Å². The van der Waals surface area contributed by atoms with E-state index in [1.807, 2.05) is 0 Å². The monoisotopic (exact) mass is 474 g/mol. The minimum atomic E-state index is -0.728. The van der Waals surface area contributed by atoms with Crippen molar-refractivity contribution in [1.29, 1.82) is 5.41 Å². The highest BCUT2D eigenvalue weighted by molar-refractivity contribution is 6.04. The Hall–Kier alpha value is -4.79. The summed E-state index contributed by atoms with van der Waals surface area (Å²) < 4.78 is 34.8. The number of nitrogens with zero attached hydrogens (tertiary/aromatic N) is 1. The molecule has 1 aliphatic rings. The average Bonchev–Trinajstić information content (AvgIpc) is 2.85. The van der Waals surface area contributed by atoms with Crippen LogP contribution in [0.25, 0.3) is 0 Å². The van der Waals surface area contributed by atoms with Crippen LogP contribution in [0.2, 0.25) is 0 Å². The summed E-state index contributed by atoms with van der Waals surface area (Å²) in [6, 6.07) is 12.5. The molecule has 2 heterocycles. The molecule has 0 spiro atoms. The number of halogens is 2. The van der Waals surface area contributed by atoms with E-state index in [0.29, 0.717) is 17.0 Å². The highest BCUT2D eigenvalue weighted by Crippen LogP contribution is 2.25. The van der Waals surface area contributed by atoms with E-state index in [1.165, 1.54) is 47.2 Å². The van der Waals surface area contributed by atoms with Crippen molar-refractivity contribution in [2.45, 2.75) is 6.54 Å². The van der Waals surface area contributed by atoms with Gasteiger partial charge in [-0.2, -0.15) is 0 Å². The Labute approximate surface area is 199 Å². The maximum atomic E-state index is 14.7. The molecule has 9 heteroatoms. The zero-order valence-electron chi connectivity index (χ0n) is 18.3. The molecule has 1 aliphatic heterocycles. The molecular formula is C26H20F2N4O3. The van der Waals surface area contributed by atoms with Crippen molar-refractivity contribution in [2.75, 3.05) is 5.32 Å². The standard InChI is InChI=1S/C26H20F2N4O3/c27-18-7-5-17(6-8-18)16-32-14-2-3-20(26(32)34)25(33)31-19-9-10-23(21(28)15-19)35-24-4-1-13-30-22(24)11-12-29/h1-15,29-30H,16H2,(H,31,33)/b22-11-,29-12?. The van der Waals surface area contributed by atoms with Gasteiger partial charge in [0.15, 0.2) is 17.3 Å². The molecule has 3 aromatic rings. The summed E-state index contributed by atoms with van der Waals surface area (Å²) in [5.74, 6) is -1.57. The van der Waals surface area contributed by atoms with Gasteiger partial charge >= 0.3 is 0 Å². The number of nitrogens with one attached hydrogen (secondary N) is 3. The predicted octanol–water partition coefficient (Wildman–Crippen LogP) is 4.34. The van der Waals surface area contributed by atoms with E-state index in [-0.39, 0.29) is 29.4 Å². The summed E-state index contributed by atoms with van der Waals surface area (Å²) >= 11 is 0. The second-order valence-electron chi connectivity index (χ2n) is 7.46. The Morgan fingerprint density at radius 1 is 1.14 bits per heavy atom. The van der Waals surface area contributed by atoms with Gasteiger partial charge in [0.2, 0.25) is 0 Å². The Morgan fingerprint density at radius 2 is 1.94 bits per heavy atom. The number of carbonyl (C=O) groups excluding carboxylic acids is 1. The molecule has 0 bridgehead atoms. The molecule has 0 unspecified atom stereocenters. The molecule has 3 N–H and O–H groups in total. The first-order chi connectivity index (χ1) is 16.9. The molecule has 2 aromatic carbocycles. The van der Waals surface area contributed by atoms with Crippen LogP contribution in [0.5, 0.6) is 5.75 Å². The Bertz CT molecular complexity index is 1420. The first-order valence-corrected chi connectivity index (χ1v) is 10.5. The van der Waals surface area contributed by atoms with Crippen LogP contribution in [0.4, 0.5) is 14.5 Å². The van der Waals surface area contributed by atoms with Crippen molar-refractivity contribution in [3.05, 3.63) is 130 Å². The first-order valence-electron chi connectivity index (χ1n) is 10.5. The van der Waals surface area contributed by atoms with Gasteiger partial charge in [-0.25, -0.2) is 8.78 Å². The number of ether oxygens (including phenoxy) is 1. The number of anilines is 1. The van der Waals surface area contributed by atoms with Gasteiger partial charge in [-0.15, -0.1) is 0 Å². The van der Waals surface area contributed by atoms with E-state index in [4.69, 9.17) is 10.1 Å². The molecule has 35 heavy (non-hydrogen) atoms. The summed E-state index contributed by atoms with van der Waals surface area (Å²) in [4.78, 5) is 25.5. The van der Waals surface area contributed by atoms with Crippen LogP contribution in [0.15, 0.2) is 101 Å². The fourth-order valence-electron chi connectivity index (χ4n) is 3.34. The van der Waals surface area contributed by atoms with Gasteiger partial charge in [-0.1, -0.05) is 12.1 Å². The molecule has 1 amide bonds. The highest BCUT2D eigenvalue weighted by Gasteiger charge is 2.16. The Kier molecular flexibility index (Phi) is 6.96. The SMILES string of the molecule is N=C/C=C1\NC=CC=C1Oc1ccc(NC(=O)c2cccn(Cc3ccc(F)cc3)c2=O)cc1F. The molecule has 0 saturated heterocycles. The summed E-state index contributed by atoms with van der Waals surface area (Å²) in [5.41, 5.74) is 0.660. The fourth-order valence-corrected chi connectivity index (χ4v) is 3.34. The second-order valence-corrected chi connectivity index (χ2v) is 7.46. The van der Waals surface area contributed by atoms with Crippen molar-refractivity contribution >= 4 is 17.8 Å². The number of rotatable bonds is 7. The molecule has 176 valence electrons. The third-order valence-corrected chi connectivity index (χ3v) is 5.04. The van der Waals surface area contributed by atoms with Gasteiger partial charge in [0, 0.05) is 30.4 Å². The molecule has 7 nitrogen and oxygen atoms in total. The molecule has 0 saturated carbocycles. The number of pyridine rings is 1. The van der Waals surface area contributed by atoms with Crippen LogP contribution in [0.3, 0.4) is 0 Å². The molecule has 4 rings (SSSR count). The molecule has 0 radical (unpaired) electrons. The summed E-state index contributed by atoms with van der Waals surface area (Å²) in [6.07, 6.45) is 9.00. The van der Waals surface area contributed by atoms with Crippen LogP contribution in [0, 0.1) is 17.0 Å². The maximum absolute atomic E-state index is 14.7. The van der Waals surface area contributed by atoms with Gasteiger partial charge in [-0.3, -0.25) is 9.59 Å². The van der Waals surface area contributed by atoms with E-state index < -0.39 is 17.3 Å². The van der Waals surface area contributed by atoms with E-state index in [9.17, 15) is 18.4 Å². The van der Waals surface area contributed by atoms with E-state index in [1.54, 1.807) is 36.6 Å². The van der Waals surface area contributed by atoms with Gasteiger partial charge < -0.3 is 25.3 Å². The second kappa shape index (κ2) is 10.4. The van der Waals surface area contributed by atoms with E-state index in [0.717, 1.165) is 12.3 Å². The first kappa shape index (κ1) is 23.4. The lowest BCUT2D eigenvalue weighted by molar-refractivity contribution is 0.102. The molecule has 1 aromatic heterocycles. The van der Waals surface area contributed by atoms with Crippen LogP contribution in [-0.4, -0.2) is 16.7 Å². The van der Waals surface area contributed by atoms with Crippen molar-refractivity contribution in [1.82, 2.24) is 9.88 Å². The Balaban J connectivity index is 1.49. The number of allylic oxidation sites excluding steroid dienone is 3. The third-order valence-electron chi connectivity index (χ3n) is 5.04. The number of aromatic nitrogens is 1. The smallest absolute Gasteiger partial charge is 0.263 e. The zero-order chi connectivity index (χ0) is 24.8. The number of hydrogen-bond acceptors (Lipinski definition) is 5. The summed E-state index contributed by atoms with van der Waals surface area (Å²) in [7, 11) is 0. The lowest BCUT2D eigenvalue weighted by Gasteiger charge is -2.16. The maximum Gasteiger partial charge on any atom is 0.263 e.